The maximum absolute atomic E-state index is 12.1. The van der Waals surface area contributed by atoms with Crippen molar-refractivity contribution in [3.8, 4) is 0 Å². The minimum Gasteiger partial charge on any atom is -0.342 e. The number of unbranched alkanes of at least 4 members (excludes halogenated alkanes) is 14. The van der Waals surface area contributed by atoms with Crippen molar-refractivity contribution in [3.05, 3.63) is 6.42 Å². The van der Waals surface area contributed by atoms with Crippen LogP contribution < -0.4 is 0 Å². The number of rotatable bonds is 19. The molecule has 2 nitrogen and oxygen atoms in total. The van der Waals surface area contributed by atoms with Crippen molar-refractivity contribution in [1.82, 2.24) is 4.90 Å². The molecule has 0 bridgehead atoms. The molecule has 0 saturated heterocycles. The van der Waals surface area contributed by atoms with E-state index < -0.39 is 0 Å². The van der Waals surface area contributed by atoms with E-state index in [4.69, 9.17) is 0 Å². The second-order valence-electron chi connectivity index (χ2n) is 7.56. The van der Waals surface area contributed by atoms with Crippen LogP contribution in [0.4, 0.5) is 0 Å². The lowest BCUT2D eigenvalue weighted by Gasteiger charge is -2.22. The topological polar surface area (TPSA) is 20.3 Å². The number of amides is 1. The third-order valence-electron chi connectivity index (χ3n) is 5.12. The van der Waals surface area contributed by atoms with Crippen LogP contribution in [0.15, 0.2) is 0 Å². The van der Waals surface area contributed by atoms with Crippen LogP contribution >= 0.6 is 0 Å². The summed E-state index contributed by atoms with van der Waals surface area (Å²) in [6, 6.07) is 0. The second kappa shape index (κ2) is 19.8. The summed E-state index contributed by atoms with van der Waals surface area (Å²) >= 11 is 0. The van der Waals surface area contributed by atoms with Crippen LogP contribution in [0.2, 0.25) is 0 Å². The van der Waals surface area contributed by atoms with Crippen LogP contribution in [-0.4, -0.2) is 23.9 Å². The first kappa shape index (κ1) is 24.5. The molecule has 0 aromatic rings. The van der Waals surface area contributed by atoms with Crippen LogP contribution in [-0.2, 0) is 4.79 Å². The van der Waals surface area contributed by atoms with Crippen molar-refractivity contribution in [2.24, 2.45) is 0 Å². The van der Waals surface area contributed by atoms with E-state index in [1.807, 2.05) is 6.92 Å². The van der Waals surface area contributed by atoms with Crippen LogP contribution in [0, 0.1) is 6.42 Å². The predicted octanol–water partition coefficient (Wildman–Crippen LogP) is 7.32. The van der Waals surface area contributed by atoms with Crippen molar-refractivity contribution in [2.45, 2.75) is 124 Å². The van der Waals surface area contributed by atoms with Gasteiger partial charge in [0.05, 0.1) is 0 Å². The molecule has 149 valence electrons. The Morgan fingerprint density at radius 2 is 0.920 bits per heavy atom. The molecule has 0 aromatic carbocycles. The fraction of sp³-hybridized carbons (Fsp3) is 0.913. The van der Waals surface area contributed by atoms with Crippen molar-refractivity contribution in [2.75, 3.05) is 13.1 Å². The molecule has 0 aliphatic rings. The molecule has 0 aliphatic heterocycles. The second-order valence-corrected chi connectivity index (χ2v) is 7.56. The van der Waals surface area contributed by atoms with Crippen LogP contribution in [0.1, 0.15) is 124 Å². The van der Waals surface area contributed by atoms with Gasteiger partial charge >= 0.3 is 0 Å². The zero-order chi connectivity index (χ0) is 18.6. The van der Waals surface area contributed by atoms with E-state index in [0.717, 1.165) is 13.1 Å². The van der Waals surface area contributed by atoms with E-state index in [1.54, 1.807) is 6.42 Å². The number of hydrogen-bond donors (Lipinski definition) is 0. The van der Waals surface area contributed by atoms with E-state index in [0.29, 0.717) is 0 Å². The maximum Gasteiger partial charge on any atom is 0.226 e. The molecule has 1 amide bonds. The third-order valence-corrected chi connectivity index (χ3v) is 5.12. The molecule has 0 spiro atoms. The van der Waals surface area contributed by atoms with E-state index >= 15 is 0 Å². The third kappa shape index (κ3) is 16.7. The van der Waals surface area contributed by atoms with E-state index in [9.17, 15) is 4.79 Å². The smallest absolute Gasteiger partial charge is 0.226 e. The SMILES string of the molecule is C[CH]C(=O)N(CCCCCCCCCC)CCCCCCCCCC. The first-order valence-electron chi connectivity index (χ1n) is 11.3. The van der Waals surface area contributed by atoms with E-state index in [2.05, 4.69) is 18.7 Å². The number of carbonyl (C=O) groups is 1. The Morgan fingerprint density at radius 1 is 0.600 bits per heavy atom. The first-order valence-corrected chi connectivity index (χ1v) is 11.3. The molecule has 0 rings (SSSR count). The molecule has 2 heteroatoms. The normalized spacial score (nSPS) is 11.0. The van der Waals surface area contributed by atoms with Crippen molar-refractivity contribution < 1.29 is 4.79 Å². The van der Waals surface area contributed by atoms with Gasteiger partial charge in [-0.05, 0) is 12.8 Å². The molecule has 0 aliphatic carbocycles. The average Bonchev–Trinajstić information content (AvgIpc) is 2.63. The average molecular weight is 353 g/mol. The summed E-state index contributed by atoms with van der Waals surface area (Å²) in [5.41, 5.74) is 0. The van der Waals surface area contributed by atoms with Gasteiger partial charge in [-0.3, -0.25) is 4.79 Å². The Labute approximate surface area is 159 Å². The molecule has 0 atom stereocenters. The quantitative estimate of drug-likeness (QED) is 0.223. The van der Waals surface area contributed by atoms with Crippen LogP contribution in [0.3, 0.4) is 0 Å². The van der Waals surface area contributed by atoms with Crippen molar-refractivity contribution >= 4 is 5.91 Å². The van der Waals surface area contributed by atoms with Gasteiger partial charge in [0.1, 0.15) is 0 Å². The summed E-state index contributed by atoms with van der Waals surface area (Å²) in [7, 11) is 0. The minimum atomic E-state index is 0.228. The Kier molecular flexibility index (Phi) is 19.4. The molecular formula is C23H46NO. The Balaban J connectivity index is 3.64. The highest BCUT2D eigenvalue weighted by Gasteiger charge is 2.10. The minimum absolute atomic E-state index is 0.228. The standard InChI is InChI=1S/C23H46NO/c1-4-7-9-11-13-15-17-19-21-24(23(25)6-3)22-20-18-16-14-12-10-8-5-2/h6H,4-5,7-22H2,1-3H3. The number of hydrogen-bond acceptors (Lipinski definition) is 1. The van der Waals surface area contributed by atoms with Gasteiger partial charge in [0.15, 0.2) is 0 Å². The highest BCUT2D eigenvalue weighted by Crippen LogP contribution is 2.11. The van der Waals surface area contributed by atoms with Crippen molar-refractivity contribution in [3.63, 3.8) is 0 Å². The largest absolute Gasteiger partial charge is 0.342 e. The summed E-state index contributed by atoms with van der Waals surface area (Å²) < 4.78 is 0. The molecule has 1 radical (unpaired) electrons. The van der Waals surface area contributed by atoms with Crippen LogP contribution in [0.25, 0.3) is 0 Å². The lowest BCUT2D eigenvalue weighted by Crippen LogP contribution is -2.32. The monoisotopic (exact) mass is 352 g/mol. The fourth-order valence-corrected chi connectivity index (χ4v) is 3.39. The summed E-state index contributed by atoms with van der Waals surface area (Å²) in [6.45, 7) is 8.31. The summed E-state index contributed by atoms with van der Waals surface area (Å²) in [5.74, 6) is 0.228. The van der Waals surface area contributed by atoms with E-state index in [-0.39, 0.29) is 5.91 Å². The molecule has 0 N–H and O–H groups in total. The lowest BCUT2D eigenvalue weighted by atomic mass is 10.1. The number of nitrogens with zero attached hydrogens (tertiary/aromatic N) is 1. The molecule has 0 saturated carbocycles. The van der Waals surface area contributed by atoms with Gasteiger partial charge < -0.3 is 4.90 Å². The van der Waals surface area contributed by atoms with Crippen molar-refractivity contribution in [1.29, 1.82) is 0 Å². The Bertz CT molecular complexity index is 257. The highest BCUT2D eigenvalue weighted by atomic mass is 16.2. The summed E-state index contributed by atoms with van der Waals surface area (Å²) in [5, 5.41) is 0. The Morgan fingerprint density at radius 3 is 1.24 bits per heavy atom. The zero-order valence-corrected chi connectivity index (χ0v) is 17.7. The Hall–Kier alpha value is -0.530. The zero-order valence-electron chi connectivity index (χ0n) is 17.7. The van der Waals surface area contributed by atoms with E-state index in [1.165, 1.54) is 103 Å². The predicted molar refractivity (Wildman–Crippen MR) is 112 cm³/mol. The fourth-order valence-electron chi connectivity index (χ4n) is 3.39. The molecule has 25 heavy (non-hydrogen) atoms. The van der Waals surface area contributed by atoms with Gasteiger partial charge in [-0.2, -0.15) is 0 Å². The molecule has 0 unspecified atom stereocenters. The van der Waals surface area contributed by atoms with Gasteiger partial charge in [0, 0.05) is 19.5 Å². The van der Waals surface area contributed by atoms with Gasteiger partial charge in [0.2, 0.25) is 5.91 Å². The van der Waals surface area contributed by atoms with Gasteiger partial charge in [-0.15, -0.1) is 0 Å². The maximum atomic E-state index is 12.1. The van der Waals surface area contributed by atoms with Gasteiger partial charge in [-0.1, -0.05) is 111 Å². The highest BCUT2D eigenvalue weighted by molar-refractivity contribution is 5.84. The molecular weight excluding hydrogens is 306 g/mol. The first-order chi connectivity index (χ1) is 12.3. The molecule has 0 heterocycles. The lowest BCUT2D eigenvalue weighted by molar-refractivity contribution is -0.127. The molecule has 0 aromatic heterocycles. The number of carbonyl (C=O) groups excluding carboxylic acids is 1. The van der Waals surface area contributed by atoms with Gasteiger partial charge in [-0.25, -0.2) is 0 Å². The van der Waals surface area contributed by atoms with Gasteiger partial charge in [0.25, 0.3) is 0 Å². The summed E-state index contributed by atoms with van der Waals surface area (Å²) in [4.78, 5) is 14.1. The van der Waals surface area contributed by atoms with Crippen LogP contribution in [0.5, 0.6) is 0 Å². The summed E-state index contributed by atoms with van der Waals surface area (Å²) in [6.07, 6.45) is 23.0. The molecule has 0 fully saturated rings.